The third-order valence-corrected chi connectivity index (χ3v) is 4.38. The largest absolute Gasteiger partial charge is 0.389 e. The number of alkyl halides is 3. The minimum Gasteiger partial charge on any atom is -0.365 e. The van der Waals surface area contributed by atoms with Crippen LogP contribution in [0.3, 0.4) is 0 Å². The van der Waals surface area contributed by atoms with E-state index >= 15 is 0 Å². The van der Waals surface area contributed by atoms with Crippen molar-refractivity contribution in [2.24, 2.45) is 5.73 Å². The zero-order valence-corrected chi connectivity index (χ0v) is 12.4. The number of halogens is 3. The van der Waals surface area contributed by atoms with E-state index in [1.54, 1.807) is 0 Å². The zero-order valence-electron chi connectivity index (χ0n) is 12.4. The van der Waals surface area contributed by atoms with Crippen molar-refractivity contribution in [2.45, 2.75) is 50.7 Å². The van der Waals surface area contributed by atoms with Crippen LogP contribution in [0.2, 0.25) is 0 Å². The van der Waals surface area contributed by atoms with Gasteiger partial charge in [0.25, 0.3) is 0 Å². The van der Waals surface area contributed by atoms with Crippen molar-refractivity contribution in [3.8, 4) is 0 Å². The second-order valence-electron chi connectivity index (χ2n) is 6.05. The van der Waals surface area contributed by atoms with Crippen molar-refractivity contribution in [1.82, 2.24) is 0 Å². The summed E-state index contributed by atoms with van der Waals surface area (Å²) in [5.41, 5.74) is 7.90. The number of benzene rings is 1. The molecule has 1 heterocycles. The minimum atomic E-state index is -4.09. The van der Waals surface area contributed by atoms with Crippen molar-refractivity contribution in [3.63, 3.8) is 0 Å². The lowest BCUT2D eigenvalue weighted by Crippen LogP contribution is -2.53. The maximum Gasteiger partial charge on any atom is 0.389 e. The molecule has 0 spiro atoms. The number of anilines is 1. The topological polar surface area (TPSA) is 29.3 Å². The number of nitrogens with two attached hydrogens (primary N) is 1. The fourth-order valence-electron chi connectivity index (χ4n) is 3.11. The molecule has 0 radical (unpaired) electrons. The van der Waals surface area contributed by atoms with Crippen LogP contribution < -0.4 is 10.6 Å². The summed E-state index contributed by atoms with van der Waals surface area (Å²) >= 11 is 0. The molecule has 1 aliphatic rings. The van der Waals surface area contributed by atoms with Crippen molar-refractivity contribution in [1.29, 1.82) is 0 Å². The van der Waals surface area contributed by atoms with Gasteiger partial charge in [-0.3, -0.25) is 0 Å². The summed E-state index contributed by atoms with van der Waals surface area (Å²) < 4.78 is 37.1. The molecule has 1 unspecified atom stereocenters. The van der Waals surface area contributed by atoms with Crippen LogP contribution in [0, 0.1) is 0 Å². The molecule has 21 heavy (non-hydrogen) atoms. The lowest BCUT2D eigenvalue weighted by molar-refractivity contribution is -0.136. The summed E-state index contributed by atoms with van der Waals surface area (Å²) in [4.78, 5) is 2.21. The van der Waals surface area contributed by atoms with Gasteiger partial charge in [-0.2, -0.15) is 13.2 Å². The molecule has 2 nitrogen and oxygen atoms in total. The van der Waals surface area contributed by atoms with Gasteiger partial charge in [0.1, 0.15) is 0 Å². The smallest absolute Gasteiger partial charge is 0.365 e. The quantitative estimate of drug-likeness (QED) is 0.894. The van der Waals surface area contributed by atoms with Crippen LogP contribution in [0.4, 0.5) is 18.9 Å². The summed E-state index contributed by atoms with van der Waals surface area (Å²) in [6, 6.07) is 8.12. The Kier molecular flexibility index (Phi) is 4.81. The first-order valence-corrected chi connectivity index (χ1v) is 7.48. The van der Waals surface area contributed by atoms with Crippen LogP contribution in [0.15, 0.2) is 24.3 Å². The highest BCUT2D eigenvalue weighted by Crippen LogP contribution is 2.35. The molecular formula is C16H23F3N2. The van der Waals surface area contributed by atoms with E-state index in [-0.39, 0.29) is 6.42 Å². The molecule has 0 aromatic heterocycles. The number of hydrogen-bond acceptors (Lipinski definition) is 2. The van der Waals surface area contributed by atoms with E-state index in [2.05, 4.69) is 11.0 Å². The van der Waals surface area contributed by atoms with Gasteiger partial charge in [-0.25, -0.2) is 0 Å². The Morgan fingerprint density at radius 2 is 1.90 bits per heavy atom. The van der Waals surface area contributed by atoms with Crippen molar-refractivity contribution >= 4 is 5.69 Å². The molecule has 0 saturated heterocycles. The Balaban J connectivity index is 2.13. The molecule has 1 aromatic carbocycles. The van der Waals surface area contributed by atoms with Gasteiger partial charge in [-0.15, -0.1) is 0 Å². The third-order valence-electron chi connectivity index (χ3n) is 4.38. The Bertz CT molecular complexity index is 473. The molecule has 2 rings (SSSR count). The molecule has 0 aliphatic carbocycles. The molecule has 118 valence electrons. The van der Waals surface area contributed by atoms with E-state index in [0.717, 1.165) is 25.1 Å². The predicted molar refractivity (Wildman–Crippen MR) is 79.5 cm³/mol. The van der Waals surface area contributed by atoms with Crippen molar-refractivity contribution < 1.29 is 13.2 Å². The maximum absolute atomic E-state index is 12.4. The van der Waals surface area contributed by atoms with Crippen molar-refractivity contribution in [2.75, 3.05) is 18.0 Å². The van der Waals surface area contributed by atoms with Gasteiger partial charge in [0.2, 0.25) is 0 Å². The Hall–Kier alpha value is -1.23. The number of nitrogens with zero attached hydrogens (tertiary/aromatic N) is 1. The highest BCUT2D eigenvalue weighted by Gasteiger charge is 2.35. The van der Waals surface area contributed by atoms with Gasteiger partial charge in [-0.1, -0.05) is 18.2 Å². The van der Waals surface area contributed by atoms with Gasteiger partial charge in [-0.05, 0) is 44.2 Å². The average Bonchev–Trinajstić information content (AvgIpc) is 2.45. The Morgan fingerprint density at radius 3 is 2.57 bits per heavy atom. The normalized spacial score (nSPS) is 18.2. The highest BCUT2D eigenvalue weighted by atomic mass is 19.4. The first-order chi connectivity index (χ1) is 9.86. The van der Waals surface area contributed by atoms with E-state index < -0.39 is 18.1 Å². The second-order valence-corrected chi connectivity index (χ2v) is 6.05. The van der Waals surface area contributed by atoms with Gasteiger partial charge >= 0.3 is 6.18 Å². The van der Waals surface area contributed by atoms with Gasteiger partial charge < -0.3 is 10.6 Å². The molecule has 1 aromatic rings. The average molecular weight is 300 g/mol. The molecule has 0 amide bonds. The SMILES string of the molecule is CC(CN)(CCCC(F)(F)F)N1CCCc2ccccc21. The summed E-state index contributed by atoms with van der Waals surface area (Å²) in [5.74, 6) is 0. The maximum atomic E-state index is 12.4. The number of fused-ring (bicyclic) bond motifs is 1. The van der Waals surface area contributed by atoms with Crippen LogP contribution >= 0.6 is 0 Å². The Labute approximate surface area is 124 Å². The van der Waals surface area contributed by atoms with Gasteiger partial charge in [0.15, 0.2) is 0 Å². The zero-order chi connectivity index (χ0) is 15.5. The molecule has 0 bridgehead atoms. The van der Waals surface area contributed by atoms with Crippen molar-refractivity contribution in [3.05, 3.63) is 29.8 Å². The number of rotatable bonds is 5. The number of hydrogen-bond donors (Lipinski definition) is 1. The first kappa shape index (κ1) is 16.1. The second kappa shape index (κ2) is 6.26. The van der Waals surface area contributed by atoms with Gasteiger partial charge in [0.05, 0.1) is 0 Å². The van der Waals surface area contributed by atoms with Crippen LogP contribution in [-0.4, -0.2) is 24.8 Å². The molecule has 5 heteroatoms. The molecular weight excluding hydrogens is 277 g/mol. The minimum absolute atomic E-state index is 0.121. The van der Waals surface area contributed by atoms with E-state index in [0.29, 0.717) is 13.0 Å². The van der Waals surface area contributed by atoms with Crippen LogP contribution in [0.1, 0.15) is 38.2 Å². The third kappa shape index (κ3) is 3.90. The summed E-state index contributed by atoms with van der Waals surface area (Å²) in [6.07, 6.45) is -2.21. The van der Waals surface area contributed by atoms with Crippen LogP contribution in [-0.2, 0) is 6.42 Å². The van der Waals surface area contributed by atoms with Crippen LogP contribution in [0.25, 0.3) is 0 Å². The van der Waals surface area contributed by atoms with E-state index in [1.165, 1.54) is 5.56 Å². The molecule has 0 fully saturated rings. The summed E-state index contributed by atoms with van der Waals surface area (Å²) in [6.45, 7) is 3.20. The highest BCUT2D eigenvalue weighted by molar-refractivity contribution is 5.57. The molecule has 1 aliphatic heterocycles. The monoisotopic (exact) mass is 300 g/mol. The molecule has 1 atom stereocenters. The standard InChI is InChI=1S/C16H23F3N2/c1-15(12-20,9-5-10-16(17,18)19)21-11-4-7-13-6-2-3-8-14(13)21/h2-3,6,8H,4-5,7,9-12,20H2,1H3. The van der Waals surface area contributed by atoms with E-state index in [4.69, 9.17) is 5.73 Å². The lowest BCUT2D eigenvalue weighted by atomic mass is 9.88. The number of para-hydroxylation sites is 1. The van der Waals surface area contributed by atoms with E-state index in [1.807, 2.05) is 25.1 Å². The Morgan fingerprint density at radius 1 is 1.19 bits per heavy atom. The predicted octanol–water partition coefficient (Wildman–Crippen LogP) is 3.89. The fraction of sp³-hybridized carbons (Fsp3) is 0.625. The summed E-state index contributed by atoms with van der Waals surface area (Å²) in [7, 11) is 0. The fourth-order valence-corrected chi connectivity index (χ4v) is 3.11. The molecule has 0 saturated carbocycles. The van der Waals surface area contributed by atoms with Crippen LogP contribution in [0.5, 0.6) is 0 Å². The van der Waals surface area contributed by atoms with Gasteiger partial charge in [0, 0.05) is 30.7 Å². The lowest BCUT2D eigenvalue weighted by Gasteiger charge is -2.45. The summed E-state index contributed by atoms with van der Waals surface area (Å²) in [5, 5.41) is 0. The number of aryl methyl sites for hydroxylation is 1. The van der Waals surface area contributed by atoms with E-state index in [9.17, 15) is 13.2 Å². The first-order valence-electron chi connectivity index (χ1n) is 7.48. The molecule has 2 N–H and O–H groups in total.